The van der Waals surface area contributed by atoms with Crippen molar-refractivity contribution >= 4 is 43.4 Å². The summed E-state index contributed by atoms with van der Waals surface area (Å²) in [5.41, 5.74) is 5.32. The van der Waals surface area contributed by atoms with Crippen LogP contribution in [0, 0.1) is 12.8 Å². The van der Waals surface area contributed by atoms with Crippen LogP contribution in [0.3, 0.4) is 0 Å². The second-order valence-corrected chi connectivity index (χ2v) is 11.1. The smallest absolute Gasteiger partial charge is 0.227 e. The molecule has 0 saturated carbocycles. The van der Waals surface area contributed by atoms with Gasteiger partial charge in [0.15, 0.2) is 23.1 Å². The van der Waals surface area contributed by atoms with Gasteiger partial charge in [-0.1, -0.05) is 115 Å². The Morgan fingerprint density at radius 2 is 0.957 bits per heavy atom. The summed E-state index contributed by atoms with van der Waals surface area (Å²) in [6, 6.07) is 49.5. The van der Waals surface area contributed by atoms with E-state index in [0.29, 0.717) is 23.4 Å². The Morgan fingerprint density at radius 1 is 0.426 bits per heavy atom. The second-order valence-electron chi connectivity index (χ2n) is 11.1. The Labute approximate surface area is 271 Å². The first-order valence-electron chi connectivity index (χ1n) is 15.2. The molecule has 0 N–H and O–H groups in total. The summed E-state index contributed by atoms with van der Waals surface area (Å²) in [7, 11) is 0. The van der Waals surface area contributed by atoms with Crippen LogP contribution in [0.1, 0.15) is 0 Å². The zero-order chi connectivity index (χ0) is 31.7. The van der Waals surface area contributed by atoms with Crippen molar-refractivity contribution in [3.8, 4) is 52.0 Å². The molecule has 2 heterocycles. The number of rotatable bonds is 4. The van der Waals surface area contributed by atoms with E-state index in [0.717, 1.165) is 60.3 Å². The van der Waals surface area contributed by atoms with Gasteiger partial charge in [0, 0.05) is 27.6 Å². The molecule has 9 rings (SSSR count). The predicted molar refractivity (Wildman–Crippen MR) is 190 cm³/mol. The van der Waals surface area contributed by atoms with E-state index in [1.165, 1.54) is 5.39 Å². The molecule has 9 aromatic rings. The normalized spacial score (nSPS) is 11.1. The summed E-state index contributed by atoms with van der Waals surface area (Å²) in [6.45, 7) is 0. The first-order valence-corrected chi connectivity index (χ1v) is 15.2. The summed E-state index contributed by atoms with van der Waals surface area (Å²) in [6.07, 6.45) is 9.00. The van der Waals surface area contributed by atoms with Crippen LogP contribution < -0.4 is 0 Å². The molecule has 0 unspecified atom stereocenters. The highest BCUT2D eigenvalue weighted by atomic mass is 16.3. The maximum atomic E-state index is 6.46. The molecule has 0 aliphatic heterocycles. The minimum absolute atomic E-state index is 0.608. The summed E-state index contributed by atoms with van der Waals surface area (Å²) >= 11 is 0. The van der Waals surface area contributed by atoms with E-state index in [1.54, 1.807) is 0 Å². The minimum atomic E-state index is 0.608. The Morgan fingerprint density at radius 3 is 1.68 bits per heavy atom. The molecule has 220 valence electrons. The SMILES string of the molecule is [C-]#C.c1ccc(-c2nc(-c3ccc4ccccc4c3)nc(-c3ccc4ccc5ccc6nc(-c7ccccc7)oc6c5c4c3)n2)cc1. The molecule has 0 atom stereocenters. The standard InChI is InChI=1S/C40H24N4O.C2H/c1-3-10-28(11-4-1)37-42-38(31-19-15-25-9-7-8-14-30(25)23-31)44-39(43-37)32-20-17-26-16-18-27-21-22-34-36(35(27)33(26)24-32)45-40(41-34)29-12-5-2-6-13-29;1-2/h1-24H;1H/q;-1. The summed E-state index contributed by atoms with van der Waals surface area (Å²) in [5.74, 6) is 2.48. The quantitative estimate of drug-likeness (QED) is 0.114. The van der Waals surface area contributed by atoms with Crippen molar-refractivity contribution in [2.45, 2.75) is 0 Å². The van der Waals surface area contributed by atoms with Crippen molar-refractivity contribution in [3.05, 3.63) is 152 Å². The fourth-order valence-corrected chi connectivity index (χ4v) is 6.04. The molecular weight excluding hydrogens is 576 g/mol. The molecule has 0 amide bonds. The first kappa shape index (κ1) is 27.9. The number of hydrogen-bond donors (Lipinski definition) is 0. The molecule has 0 bridgehead atoms. The highest BCUT2D eigenvalue weighted by Gasteiger charge is 2.16. The first-order chi connectivity index (χ1) is 23.3. The minimum Gasteiger partial charge on any atom is -0.697 e. The zero-order valence-electron chi connectivity index (χ0n) is 25.1. The highest BCUT2D eigenvalue weighted by molar-refractivity contribution is 6.18. The molecule has 5 nitrogen and oxygen atoms in total. The molecule has 7 aromatic carbocycles. The van der Waals surface area contributed by atoms with Crippen molar-refractivity contribution in [3.63, 3.8) is 0 Å². The average Bonchev–Trinajstić information content (AvgIpc) is 3.60. The van der Waals surface area contributed by atoms with E-state index < -0.39 is 0 Å². The number of aromatic nitrogens is 4. The van der Waals surface area contributed by atoms with E-state index in [-0.39, 0.29) is 0 Å². The molecule has 47 heavy (non-hydrogen) atoms. The summed E-state index contributed by atoms with van der Waals surface area (Å²) < 4.78 is 6.46. The van der Waals surface area contributed by atoms with Gasteiger partial charge >= 0.3 is 0 Å². The lowest BCUT2D eigenvalue weighted by atomic mass is 9.99. The lowest BCUT2D eigenvalue weighted by Gasteiger charge is -2.10. The highest BCUT2D eigenvalue weighted by Crippen LogP contribution is 2.37. The molecule has 0 saturated heterocycles. The number of benzene rings is 7. The van der Waals surface area contributed by atoms with Crippen LogP contribution in [-0.4, -0.2) is 19.9 Å². The molecule has 0 radical (unpaired) electrons. The predicted octanol–water partition coefficient (Wildman–Crippen LogP) is 10.3. The van der Waals surface area contributed by atoms with Crippen molar-refractivity contribution in [1.82, 2.24) is 19.9 Å². The number of fused-ring (bicyclic) bond motifs is 6. The molecule has 0 spiro atoms. The van der Waals surface area contributed by atoms with Crippen LogP contribution >= 0.6 is 0 Å². The van der Waals surface area contributed by atoms with Gasteiger partial charge in [0.25, 0.3) is 0 Å². The van der Waals surface area contributed by atoms with E-state index in [4.69, 9.17) is 30.8 Å². The van der Waals surface area contributed by atoms with Crippen molar-refractivity contribution in [1.29, 1.82) is 0 Å². The molecule has 0 fully saturated rings. The third-order valence-corrected chi connectivity index (χ3v) is 8.31. The topological polar surface area (TPSA) is 64.7 Å². The van der Waals surface area contributed by atoms with E-state index in [9.17, 15) is 0 Å². The lowest BCUT2D eigenvalue weighted by Crippen LogP contribution is -2.00. The molecule has 0 aliphatic rings. The second kappa shape index (κ2) is 11.7. The van der Waals surface area contributed by atoms with E-state index >= 15 is 0 Å². The van der Waals surface area contributed by atoms with E-state index in [1.807, 2.05) is 72.8 Å². The van der Waals surface area contributed by atoms with Gasteiger partial charge in [0.05, 0.1) is 0 Å². The fraction of sp³-hybridized carbons (Fsp3) is 0. The molecule has 5 heteroatoms. The van der Waals surface area contributed by atoms with E-state index in [2.05, 4.69) is 79.2 Å². The molecule has 0 aliphatic carbocycles. The zero-order valence-corrected chi connectivity index (χ0v) is 25.1. The lowest BCUT2D eigenvalue weighted by molar-refractivity contribution is 0.623. The van der Waals surface area contributed by atoms with Gasteiger partial charge in [-0.15, -0.1) is 0 Å². The Hall–Kier alpha value is -6.64. The van der Waals surface area contributed by atoms with Crippen molar-refractivity contribution < 1.29 is 4.42 Å². The van der Waals surface area contributed by atoms with Crippen molar-refractivity contribution in [2.24, 2.45) is 0 Å². The maximum absolute atomic E-state index is 6.46. The third-order valence-electron chi connectivity index (χ3n) is 8.31. The molecular formula is C42H25N4O-. The third kappa shape index (κ3) is 5.04. The van der Waals surface area contributed by atoms with Crippen LogP contribution in [0.15, 0.2) is 150 Å². The monoisotopic (exact) mass is 601 g/mol. The fourth-order valence-electron chi connectivity index (χ4n) is 6.04. The number of oxazole rings is 1. The number of hydrogen-bond acceptors (Lipinski definition) is 5. The van der Waals surface area contributed by atoms with Gasteiger partial charge in [-0.2, -0.15) is 0 Å². The average molecular weight is 602 g/mol. The van der Waals surface area contributed by atoms with Crippen LogP contribution in [0.2, 0.25) is 0 Å². The Kier molecular flexibility index (Phi) is 6.94. The van der Waals surface area contributed by atoms with Crippen LogP contribution in [0.5, 0.6) is 0 Å². The largest absolute Gasteiger partial charge is 0.697 e. The Bertz CT molecular complexity index is 2590. The van der Waals surface area contributed by atoms with Gasteiger partial charge in [0.1, 0.15) is 5.52 Å². The van der Waals surface area contributed by atoms with Gasteiger partial charge in [0.2, 0.25) is 5.89 Å². The van der Waals surface area contributed by atoms with Gasteiger partial charge in [-0.25, -0.2) is 19.9 Å². The summed E-state index contributed by atoms with van der Waals surface area (Å²) in [5, 5.41) is 6.58. The van der Waals surface area contributed by atoms with Crippen molar-refractivity contribution in [2.75, 3.05) is 0 Å². The van der Waals surface area contributed by atoms with Gasteiger partial charge in [-0.05, 0) is 57.3 Å². The van der Waals surface area contributed by atoms with Gasteiger partial charge < -0.3 is 17.3 Å². The Balaban J connectivity index is 0.00000159. The maximum Gasteiger partial charge on any atom is 0.227 e. The number of terminal acetylenes is 1. The van der Waals surface area contributed by atoms with Crippen LogP contribution in [0.4, 0.5) is 0 Å². The number of nitrogens with zero attached hydrogens (tertiary/aromatic N) is 4. The molecule has 2 aromatic heterocycles. The van der Waals surface area contributed by atoms with Crippen LogP contribution in [-0.2, 0) is 0 Å². The summed E-state index contributed by atoms with van der Waals surface area (Å²) in [4.78, 5) is 19.8. The van der Waals surface area contributed by atoms with Gasteiger partial charge in [-0.3, -0.25) is 0 Å². The van der Waals surface area contributed by atoms with Crippen LogP contribution in [0.25, 0.3) is 89.0 Å².